The van der Waals surface area contributed by atoms with Gasteiger partial charge in [0, 0.05) is 18.4 Å². The van der Waals surface area contributed by atoms with Crippen LogP contribution in [0.3, 0.4) is 0 Å². The lowest BCUT2D eigenvalue weighted by Gasteiger charge is -2.23. The topological polar surface area (TPSA) is 74.7 Å². The van der Waals surface area contributed by atoms with E-state index >= 15 is 0 Å². The number of carboxylic acids is 1. The first kappa shape index (κ1) is 15.3. The molecule has 0 aliphatic heterocycles. The van der Waals surface area contributed by atoms with Gasteiger partial charge in [0.25, 0.3) is 0 Å². The van der Waals surface area contributed by atoms with Crippen LogP contribution in [0.1, 0.15) is 12.8 Å². The summed E-state index contributed by atoms with van der Waals surface area (Å²) in [5.41, 5.74) is 0.584. The van der Waals surface area contributed by atoms with Crippen molar-refractivity contribution in [3.8, 4) is 0 Å². The third-order valence-corrected chi connectivity index (χ3v) is 4.37. The lowest BCUT2D eigenvalue weighted by atomic mass is 10.1. The summed E-state index contributed by atoms with van der Waals surface area (Å²) in [6, 6.07) is 13.0. The van der Waals surface area contributed by atoms with Gasteiger partial charge in [-0.3, -0.25) is 9.10 Å². The van der Waals surface area contributed by atoms with Crippen molar-refractivity contribution in [2.24, 2.45) is 0 Å². The van der Waals surface area contributed by atoms with Crippen LogP contribution < -0.4 is 4.31 Å². The summed E-state index contributed by atoms with van der Waals surface area (Å²) >= 11 is 0. The van der Waals surface area contributed by atoms with Crippen molar-refractivity contribution in [3.05, 3.63) is 42.5 Å². The van der Waals surface area contributed by atoms with E-state index in [4.69, 9.17) is 5.11 Å². The van der Waals surface area contributed by atoms with E-state index in [0.717, 1.165) is 17.0 Å². The van der Waals surface area contributed by atoms with Gasteiger partial charge in [-0.15, -0.1) is 0 Å². The van der Waals surface area contributed by atoms with Gasteiger partial charge in [0.15, 0.2) is 0 Å². The molecule has 2 aromatic rings. The number of rotatable bonds is 6. The second-order valence-corrected chi connectivity index (χ2v) is 6.74. The molecule has 0 aromatic heterocycles. The molecule has 1 N–H and O–H groups in total. The number of carboxylic acid groups (broad SMARTS) is 1. The molecule has 0 heterocycles. The van der Waals surface area contributed by atoms with Crippen LogP contribution in [0.15, 0.2) is 42.5 Å². The van der Waals surface area contributed by atoms with Crippen LogP contribution in [0, 0.1) is 0 Å². The fourth-order valence-corrected chi connectivity index (χ4v) is 3.24. The molecule has 0 fully saturated rings. The Morgan fingerprint density at radius 2 is 1.81 bits per heavy atom. The van der Waals surface area contributed by atoms with E-state index in [9.17, 15) is 13.2 Å². The SMILES string of the molecule is CS(=O)(=O)N(CCCC(=O)O)c1cccc2ccccc12. The smallest absolute Gasteiger partial charge is 0.303 e. The van der Waals surface area contributed by atoms with E-state index in [2.05, 4.69) is 0 Å². The molecule has 0 saturated heterocycles. The highest BCUT2D eigenvalue weighted by molar-refractivity contribution is 7.92. The molecule has 0 spiro atoms. The number of hydrogen-bond acceptors (Lipinski definition) is 3. The Bertz CT molecular complexity index is 750. The molecule has 0 unspecified atom stereocenters. The first-order valence-corrected chi connectivity index (χ1v) is 8.41. The number of aliphatic carboxylic acids is 1. The van der Waals surface area contributed by atoms with Gasteiger partial charge in [0.05, 0.1) is 11.9 Å². The molecule has 0 aliphatic rings. The van der Waals surface area contributed by atoms with Gasteiger partial charge in [-0.25, -0.2) is 8.42 Å². The molecule has 0 amide bonds. The minimum absolute atomic E-state index is 0.0587. The van der Waals surface area contributed by atoms with Crippen molar-refractivity contribution in [2.45, 2.75) is 12.8 Å². The van der Waals surface area contributed by atoms with Gasteiger partial charge < -0.3 is 5.11 Å². The highest BCUT2D eigenvalue weighted by atomic mass is 32.2. The van der Waals surface area contributed by atoms with E-state index in [1.165, 1.54) is 4.31 Å². The largest absolute Gasteiger partial charge is 0.481 e. The minimum atomic E-state index is -3.47. The molecule has 21 heavy (non-hydrogen) atoms. The maximum absolute atomic E-state index is 12.0. The summed E-state index contributed by atoms with van der Waals surface area (Å²) in [5, 5.41) is 10.5. The lowest BCUT2D eigenvalue weighted by Crippen LogP contribution is -2.31. The Hall–Kier alpha value is -2.08. The average Bonchev–Trinajstić information content (AvgIpc) is 2.42. The van der Waals surface area contributed by atoms with Crippen LogP contribution in [0.2, 0.25) is 0 Å². The zero-order chi connectivity index (χ0) is 15.5. The normalized spacial score (nSPS) is 11.5. The number of anilines is 1. The van der Waals surface area contributed by atoms with E-state index in [0.29, 0.717) is 5.69 Å². The van der Waals surface area contributed by atoms with E-state index in [1.54, 1.807) is 12.1 Å². The average molecular weight is 307 g/mol. The zero-order valence-electron chi connectivity index (χ0n) is 11.7. The third kappa shape index (κ3) is 3.72. The quantitative estimate of drug-likeness (QED) is 0.889. The number of carbonyl (C=O) groups is 1. The lowest BCUT2D eigenvalue weighted by molar-refractivity contribution is -0.137. The standard InChI is InChI=1S/C15H17NO4S/c1-21(19,20)16(11-5-10-15(17)18)14-9-4-7-12-6-2-3-8-13(12)14/h2-4,6-9H,5,10-11H2,1H3,(H,17,18). The summed E-state index contributed by atoms with van der Waals surface area (Å²) < 4.78 is 25.3. The molecule has 0 bridgehead atoms. The minimum Gasteiger partial charge on any atom is -0.481 e. The first-order valence-electron chi connectivity index (χ1n) is 6.57. The van der Waals surface area contributed by atoms with Gasteiger partial charge in [0.2, 0.25) is 10.0 Å². The van der Waals surface area contributed by atoms with Crippen molar-refractivity contribution in [2.75, 3.05) is 17.1 Å². The molecular weight excluding hydrogens is 290 g/mol. The van der Waals surface area contributed by atoms with Crippen LogP contribution in [0.4, 0.5) is 5.69 Å². The van der Waals surface area contributed by atoms with Crippen LogP contribution in [-0.2, 0) is 14.8 Å². The number of fused-ring (bicyclic) bond motifs is 1. The molecule has 2 aromatic carbocycles. The Kier molecular flexibility index (Phi) is 4.47. The number of benzene rings is 2. The first-order chi connectivity index (χ1) is 9.89. The van der Waals surface area contributed by atoms with Gasteiger partial charge in [-0.2, -0.15) is 0 Å². The van der Waals surface area contributed by atoms with Crippen molar-refractivity contribution in [3.63, 3.8) is 0 Å². The molecule has 0 saturated carbocycles. The van der Waals surface area contributed by atoms with E-state index in [1.807, 2.05) is 30.3 Å². The van der Waals surface area contributed by atoms with Crippen molar-refractivity contribution < 1.29 is 18.3 Å². The molecule has 0 radical (unpaired) electrons. The Balaban J connectivity index is 2.42. The second kappa shape index (κ2) is 6.13. The van der Waals surface area contributed by atoms with Crippen molar-refractivity contribution in [1.82, 2.24) is 0 Å². The summed E-state index contributed by atoms with van der Waals surface area (Å²) in [7, 11) is -3.47. The molecule has 2 rings (SSSR count). The van der Waals surface area contributed by atoms with Crippen LogP contribution in [0.25, 0.3) is 10.8 Å². The van der Waals surface area contributed by atoms with E-state index in [-0.39, 0.29) is 19.4 Å². The molecule has 6 heteroatoms. The van der Waals surface area contributed by atoms with Crippen molar-refractivity contribution in [1.29, 1.82) is 0 Å². The van der Waals surface area contributed by atoms with Gasteiger partial charge >= 0.3 is 5.97 Å². The van der Waals surface area contributed by atoms with Gasteiger partial charge in [-0.1, -0.05) is 36.4 Å². The van der Waals surface area contributed by atoms with Crippen LogP contribution in [0.5, 0.6) is 0 Å². The Labute approximate surface area is 123 Å². The summed E-state index contributed by atoms with van der Waals surface area (Å²) in [4.78, 5) is 10.6. The highest BCUT2D eigenvalue weighted by Gasteiger charge is 2.19. The van der Waals surface area contributed by atoms with E-state index < -0.39 is 16.0 Å². The Morgan fingerprint density at radius 3 is 2.48 bits per heavy atom. The predicted octanol–water partition coefficient (Wildman–Crippen LogP) is 2.47. The zero-order valence-corrected chi connectivity index (χ0v) is 12.5. The molecule has 0 atom stereocenters. The third-order valence-electron chi connectivity index (χ3n) is 3.19. The molecule has 5 nitrogen and oxygen atoms in total. The molecular formula is C15H17NO4S. The predicted molar refractivity (Wildman–Crippen MR) is 83.0 cm³/mol. The van der Waals surface area contributed by atoms with Crippen molar-refractivity contribution >= 4 is 32.5 Å². The number of hydrogen-bond donors (Lipinski definition) is 1. The highest BCUT2D eigenvalue weighted by Crippen LogP contribution is 2.28. The van der Waals surface area contributed by atoms with Gasteiger partial charge in [0.1, 0.15) is 0 Å². The maximum atomic E-state index is 12.0. The fourth-order valence-electron chi connectivity index (χ4n) is 2.26. The number of sulfonamides is 1. The Morgan fingerprint density at radius 1 is 1.14 bits per heavy atom. The maximum Gasteiger partial charge on any atom is 0.303 e. The monoisotopic (exact) mass is 307 g/mol. The molecule has 0 aliphatic carbocycles. The van der Waals surface area contributed by atoms with Gasteiger partial charge in [-0.05, 0) is 17.9 Å². The summed E-state index contributed by atoms with van der Waals surface area (Å²) in [6.45, 7) is 0.152. The fraction of sp³-hybridized carbons (Fsp3) is 0.267. The summed E-state index contributed by atoms with van der Waals surface area (Å²) in [6.07, 6.45) is 1.35. The molecule has 112 valence electrons. The summed E-state index contributed by atoms with van der Waals surface area (Å²) in [5.74, 6) is -0.929. The second-order valence-electron chi connectivity index (χ2n) is 4.83. The van der Waals surface area contributed by atoms with Crippen LogP contribution >= 0.6 is 0 Å². The van der Waals surface area contributed by atoms with Crippen LogP contribution in [-0.4, -0.2) is 32.3 Å². The number of nitrogens with zero attached hydrogens (tertiary/aromatic N) is 1.